The van der Waals surface area contributed by atoms with Crippen LogP contribution in [0.2, 0.25) is 0 Å². The van der Waals surface area contributed by atoms with Gasteiger partial charge >= 0.3 is 0 Å². The summed E-state index contributed by atoms with van der Waals surface area (Å²) >= 11 is 0. The maximum Gasteiger partial charge on any atom is 0.250 e. The van der Waals surface area contributed by atoms with Gasteiger partial charge in [-0.25, -0.2) is 8.78 Å². The number of halogens is 2. The van der Waals surface area contributed by atoms with E-state index >= 15 is 0 Å². The van der Waals surface area contributed by atoms with E-state index in [9.17, 15) is 8.78 Å². The number of benzene rings is 1. The molecule has 0 spiro atoms. The van der Waals surface area contributed by atoms with Crippen LogP contribution in [-0.2, 0) is 6.54 Å². The molecule has 0 saturated carbocycles. The molecule has 0 aliphatic rings. The molecule has 0 saturated heterocycles. The van der Waals surface area contributed by atoms with Gasteiger partial charge in [0.15, 0.2) is 0 Å². The van der Waals surface area contributed by atoms with Crippen molar-refractivity contribution in [2.45, 2.75) is 13.0 Å². The maximum absolute atomic E-state index is 11.9. The number of fused-ring (bicyclic) bond motifs is 1. The first-order chi connectivity index (χ1) is 7.25. The Balaban J connectivity index is 2.02. The molecule has 2 nitrogen and oxygen atoms in total. The van der Waals surface area contributed by atoms with E-state index in [0.717, 1.165) is 16.5 Å². The summed E-state index contributed by atoms with van der Waals surface area (Å²) in [5.74, 6) is 0. The fraction of sp³-hybridized carbons (Fsp3) is 0.273. The van der Waals surface area contributed by atoms with Gasteiger partial charge in [0.05, 0.1) is 6.54 Å². The van der Waals surface area contributed by atoms with Gasteiger partial charge in [0.1, 0.15) is 0 Å². The van der Waals surface area contributed by atoms with Crippen LogP contribution in [0.25, 0.3) is 10.9 Å². The van der Waals surface area contributed by atoms with E-state index in [1.54, 1.807) is 0 Å². The molecule has 2 rings (SSSR count). The Labute approximate surface area is 86.3 Å². The van der Waals surface area contributed by atoms with Crippen LogP contribution in [0.5, 0.6) is 0 Å². The highest BCUT2D eigenvalue weighted by molar-refractivity contribution is 5.79. The minimum atomic E-state index is -2.29. The lowest BCUT2D eigenvalue weighted by molar-refractivity contribution is 0.145. The highest BCUT2D eigenvalue weighted by Gasteiger charge is 2.01. The summed E-state index contributed by atoms with van der Waals surface area (Å²) in [7, 11) is 0. The molecule has 4 heteroatoms. The minimum absolute atomic E-state index is 0.261. The molecule has 0 fully saturated rings. The molecule has 0 radical (unpaired) electrons. The van der Waals surface area contributed by atoms with Crippen molar-refractivity contribution in [3.63, 3.8) is 0 Å². The molecule has 1 aromatic carbocycles. The predicted molar refractivity (Wildman–Crippen MR) is 56.0 cm³/mol. The molecule has 0 unspecified atom stereocenters. The second-order valence-electron chi connectivity index (χ2n) is 3.42. The normalized spacial score (nSPS) is 11.4. The van der Waals surface area contributed by atoms with Crippen molar-refractivity contribution in [3.8, 4) is 0 Å². The third-order valence-electron chi connectivity index (χ3n) is 2.25. The molecular weight excluding hydrogens is 198 g/mol. The number of aromatic amines is 1. The molecule has 1 aromatic heterocycles. The zero-order chi connectivity index (χ0) is 10.7. The van der Waals surface area contributed by atoms with Gasteiger partial charge in [-0.3, -0.25) is 0 Å². The summed E-state index contributed by atoms with van der Waals surface area (Å²) in [6.07, 6.45) is -0.430. The van der Waals surface area contributed by atoms with Gasteiger partial charge in [0, 0.05) is 18.3 Å². The Morgan fingerprint density at radius 2 is 2.13 bits per heavy atom. The van der Waals surface area contributed by atoms with Crippen LogP contribution in [-0.4, -0.2) is 18.0 Å². The van der Waals surface area contributed by atoms with Crippen LogP contribution in [0.15, 0.2) is 30.5 Å². The maximum atomic E-state index is 11.9. The topological polar surface area (TPSA) is 27.8 Å². The average molecular weight is 210 g/mol. The van der Waals surface area contributed by atoms with E-state index in [1.165, 1.54) is 0 Å². The highest BCUT2D eigenvalue weighted by atomic mass is 19.3. The van der Waals surface area contributed by atoms with Crippen LogP contribution in [0.1, 0.15) is 5.56 Å². The van der Waals surface area contributed by atoms with Crippen molar-refractivity contribution in [1.82, 2.24) is 10.3 Å². The first-order valence-corrected chi connectivity index (χ1v) is 4.80. The van der Waals surface area contributed by atoms with Crippen LogP contribution >= 0.6 is 0 Å². The molecule has 0 amide bonds. The van der Waals surface area contributed by atoms with Gasteiger partial charge < -0.3 is 10.3 Å². The van der Waals surface area contributed by atoms with Crippen molar-refractivity contribution in [2.75, 3.05) is 6.54 Å². The quantitative estimate of drug-likeness (QED) is 0.797. The summed E-state index contributed by atoms with van der Waals surface area (Å²) in [5.41, 5.74) is 2.04. The summed E-state index contributed by atoms with van der Waals surface area (Å²) in [6.45, 7) is 0.210. The molecule has 0 aliphatic carbocycles. The minimum Gasteiger partial charge on any atom is -0.361 e. The van der Waals surface area contributed by atoms with Crippen LogP contribution < -0.4 is 5.32 Å². The van der Waals surface area contributed by atoms with Gasteiger partial charge in [-0.2, -0.15) is 0 Å². The fourth-order valence-electron chi connectivity index (χ4n) is 1.53. The molecule has 2 N–H and O–H groups in total. The Morgan fingerprint density at radius 3 is 2.93 bits per heavy atom. The SMILES string of the molecule is FC(F)CNCc1ccc2cc[nH]c2c1. The summed E-state index contributed by atoms with van der Waals surface area (Å²) in [4.78, 5) is 3.08. The first-order valence-electron chi connectivity index (χ1n) is 4.80. The van der Waals surface area contributed by atoms with Crippen LogP contribution in [0, 0.1) is 0 Å². The molecule has 0 aliphatic heterocycles. The number of aromatic nitrogens is 1. The van der Waals surface area contributed by atoms with Crippen molar-refractivity contribution >= 4 is 10.9 Å². The van der Waals surface area contributed by atoms with Crippen molar-refractivity contribution in [1.29, 1.82) is 0 Å². The van der Waals surface area contributed by atoms with Gasteiger partial charge in [-0.15, -0.1) is 0 Å². The lowest BCUT2D eigenvalue weighted by atomic mass is 10.1. The predicted octanol–water partition coefficient (Wildman–Crippen LogP) is 2.52. The number of alkyl halides is 2. The zero-order valence-electron chi connectivity index (χ0n) is 8.13. The summed E-state index contributed by atoms with van der Waals surface area (Å²) < 4.78 is 23.7. The third kappa shape index (κ3) is 2.53. The molecule has 0 bridgehead atoms. The molecular formula is C11H12F2N2. The van der Waals surface area contributed by atoms with E-state index < -0.39 is 6.43 Å². The van der Waals surface area contributed by atoms with Crippen molar-refractivity contribution in [2.24, 2.45) is 0 Å². The van der Waals surface area contributed by atoms with E-state index in [4.69, 9.17) is 0 Å². The van der Waals surface area contributed by atoms with Crippen molar-refractivity contribution < 1.29 is 8.78 Å². The average Bonchev–Trinajstić information content (AvgIpc) is 2.64. The third-order valence-corrected chi connectivity index (χ3v) is 2.25. The Bertz CT molecular complexity index is 437. The largest absolute Gasteiger partial charge is 0.361 e. The van der Waals surface area contributed by atoms with E-state index in [0.29, 0.717) is 6.54 Å². The lowest BCUT2D eigenvalue weighted by Crippen LogP contribution is -2.20. The van der Waals surface area contributed by atoms with E-state index in [2.05, 4.69) is 10.3 Å². The van der Waals surface area contributed by atoms with Crippen LogP contribution in [0.4, 0.5) is 8.78 Å². The monoisotopic (exact) mass is 210 g/mol. The zero-order valence-corrected chi connectivity index (χ0v) is 8.13. The molecule has 0 atom stereocenters. The van der Waals surface area contributed by atoms with Crippen molar-refractivity contribution in [3.05, 3.63) is 36.0 Å². The standard InChI is InChI=1S/C11H12F2N2/c12-11(13)7-14-6-8-1-2-9-3-4-15-10(9)5-8/h1-5,11,14-15H,6-7H2. The van der Waals surface area contributed by atoms with Gasteiger partial charge in [0.2, 0.25) is 0 Å². The number of nitrogens with one attached hydrogen (secondary N) is 2. The number of H-pyrrole nitrogens is 1. The highest BCUT2D eigenvalue weighted by Crippen LogP contribution is 2.13. The van der Waals surface area contributed by atoms with E-state index in [1.807, 2.05) is 30.5 Å². The van der Waals surface area contributed by atoms with Gasteiger partial charge in [-0.05, 0) is 23.1 Å². The molecule has 80 valence electrons. The fourth-order valence-corrected chi connectivity index (χ4v) is 1.53. The summed E-state index contributed by atoms with van der Waals surface area (Å²) in [5, 5.41) is 3.83. The molecule has 2 aromatic rings. The number of rotatable bonds is 4. The number of hydrogen-bond acceptors (Lipinski definition) is 1. The molecule has 15 heavy (non-hydrogen) atoms. The smallest absolute Gasteiger partial charge is 0.250 e. The Morgan fingerprint density at radius 1 is 1.27 bits per heavy atom. The Hall–Kier alpha value is -1.42. The first kappa shape index (κ1) is 10.1. The Kier molecular flexibility index (Phi) is 2.97. The number of hydrogen-bond donors (Lipinski definition) is 2. The lowest BCUT2D eigenvalue weighted by Gasteiger charge is -2.04. The molecule has 1 heterocycles. The van der Waals surface area contributed by atoms with E-state index in [-0.39, 0.29) is 6.54 Å². The van der Waals surface area contributed by atoms with Gasteiger partial charge in [0.25, 0.3) is 6.43 Å². The second kappa shape index (κ2) is 4.40. The van der Waals surface area contributed by atoms with Crippen LogP contribution in [0.3, 0.4) is 0 Å². The summed E-state index contributed by atoms with van der Waals surface area (Å²) in [6, 6.07) is 7.86. The van der Waals surface area contributed by atoms with Gasteiger partial charge in [-0.1, -0.05) is 12.1 Å². The second-order valence-corrected chi connectivity index (χ2v) is 3.42.